The third-order valence-electron chi connectivity index (χ3n) is 2.54. The van der Waals surface area contributed by atoms with Gasteiger partial charge in [0.25, 0.3) is 0 Å². The van der Waals surface area contributed by atoms with E-state index in [-0.39, 0.29) is 4.75 Å². The summed E-state index contributed by atoms with van der Waals surface area (Å²) in [5.74, 6) is 0.306. The van der Waals surface area contributed by atoms with E-state index in [2.05, 4.69) is 0 Å². The molecule has 0 saturated heterocycles. The van der Waals surface area contributed by atoms with Crippen LogP contribution < -0.4 is 0 Å². The van der Waals surface area contributed by atoms with Gasteiger partial charge in [-0.15, -0.1) is 0 Å². The highest BCUT2D eigenvalue weighted by atomic mass is 32.2. The van der Waals surface area contributed by atoms with Crippen LogP contribution in [0.1, 0.15) is 23.2 Å². The Morgan fingerprint density at radius 2 is 1.92 bits per heavy atom. The summed E-state index contributed by atoms with van der Waals surface area (Å²) < 4.78 is -0.0681. The first-order valence-electron chi connectivity index (χ1n) is 4.43. The van der Waals surface area contributed by atoms with Crippen molar-refractivity contribution in [1.29, 1.82) is 0 Å². The molecule has 0 aromatic heterocycles. The van der Waals surface area contributed by atoms with E-state index in [0.29, 0.717) is 5.78 Å². The Labute approximate surface area is 82.5 Å². The maximum atomic E-state index is 11.9. The van der Waals surface area contributed by atoms with Crippen LogP contribution in [0.4, 0.5) is 0 Å². The van der Waals surface area contributed by atoms with Crippen LogP contribution >= 0.6 is 11.8 Å². The molecule has 2 rings (SSSR count). The number of benzene rings is 1. The molecule has 2 heteroatoms. The highest BCUT2D eigenvalue weighted by Gasteiger charge is 2.49. The van der Waals surface area contributed by atoms with Crippen molar-refractivity contribution in [2.24, 2.45) is 0 Å². The fraction of sp³-hybridized carbons (Fsp3) is 0.364. The van der Waals surface area contributed by atoms with Gasteiger partial charge in [0.15, 0.2) is 5.78 Å². The fourth-order valence-corrected chi connectivity index (χ4v) is 2.30. The maximum absolute atomic E-state index is 11.9. The van der Waals surface area contributed by atoms with Crippen LogP contribution in [-0.4, -0.2) is 16.8 Å². The van der Waals surface area contributed by atoms with Gasteiger partial charge < -0.3 is 0 Å². The Hall–Kier alpha value is -0.760. The zero-order chi connectivity index (χ0) is 9.31. The summed E-state index contributed by atoms with van der Waals surface area (Å²) in [4.78, 5) is 11.9. The number of rotatable bonds is 3. The summed E-state index contributed by atoms with van der Waals surface area (Å²) >= 11 is 1.69. The minimum atomic E-state index is -0.0681. The van der Waals surface area contributed by atoms with E-state index in [0.717, 1.165) is 18.4 Å². The molecular formula is C11H12OS. The molecule has 1 fully saturated rings. The maximum Gasteiger partial charge on any atom is 0.178 e. The van der Waals surface area contributed by atoms with Crippen molar-refractivity contribution >= 4 is 17.5 Å². The van der Waals surface area contributed by atoms with Crippen molar-refractivity contribution < 1.29 is 4.79 Å². The molecule has 0 radical (unpaired) electrons. The van der Waals surface area contributed by atoms with Gasteiger partial charge in [-0.05, 0) is 19.1 Å². The molecule has 0 aliphatic heterocycles. The zero-order valence-electron chi connectivity index (χ0n) is 7.62. The molecule has 1 nitrogen and oxygen atoms in total. The first-order chi connectivity index (χ1) is 6.28. The van der Waals surface area contributed by atoms with E-state index in [1.807, 2.05) is 36.6 Å². The van der Waals surface area contributed by atoms with Crippen LogP contribution in [0.25, 0.3) is 0 Å². The summed E-state index contributed by atoms with van der Waals surface area (Å²) in [5.41, 5.74) is 0.856. The summed E-state index contributed by atoms with van der Waals surface area (Å²) in [6.45, 7) is 0. The van der Waals surface area contributed by atoms with Crippen LogP contribution in [0.5, 0.6) is 0 Å². The van der Waals surface area contributed by atoms with Crippen molar-refractivity contribution in [2.75, 3.05) is 6.26 Å². The molecular weight excluding hydrogens is 180 g/mol. The summed E-state index contributed by atoms with van der Waals surface area (Å²) in [5, 5.41) is 0. The molecule has 0 N–H and O–H groups in total. The summed E-state index contributed by atoms with van der Waals surface area (Å²) in [6.07, 6.45) is 4.11. The molecule has 0 heterocycles. The molecule has 68 valence electrons. The lowest BCUT2D eigenvalue weighted by atomic mass is 10.1. The van der Waals surface area contributed by atoms with Crippen molar-refractivity contribution in [3.63, 3.8) is 0 Å². The topological polar surface area (TPSA) is 17.1 Å². The number of hydrogen-bond donors (Lipinski definition) is 0. The second-order valence-electron chi connectivity index (χ2n) is 3.39. The van der Waals surface area contributed by atoms with Crippen molar-refractivity contribution in [2.45, 2.75) is 17.6 Å². The lowest BCUT2D eigenvalue weighted by molar-refractivity contribution is 0.0981. The van der Waals surface area contributed by atoms with Gasteiger partial charge in [-0.2, -0.15) is 11.8 Å². The highest BCUT2D eigenvalue weighted by molar-refractivity contribution is 8.01. The standard InChI is InChI=1S/C11H12OS/c1-13-11(7-8-11)10(12)9-5-3-2-4-6-9/h2-6H,7-8H2,1H3. The molecule has 0 bridgehead atoms. The molecule has 0 spiro atoms. The smallest absolute Gasteiger partial charge is 0.178 e. The fourth-order valence-electron chi connectivity index (χ4n) is 1.49. The van der Waals surface area contributed by atoms with Gasteiger partial charge in [0.1, 0.15) is 0 Å². The van der Waals surface area contributed by atoms with E-state index in [4.69, 9.17) is 0 Å². The molecule has 1 aromatic carbocycles. The third kappa shape index (κ3) is 1.51. The second-order valence-corrected chi connectivity index (χ2v) is 4.58. The van der Waals surface area contributed by atoms with Crippen LogP contribution in [0.3, 0.4) is 0 Å². The number of carbonyl (C=O) groups is 1. The lowest BCUT2D eigenvalue weighted by Gasteiger charge is -2.09. The Kier molecular flexibility index (Phi) is 2.16. The number of ketones is 1. The monoisotopic (exact) mass is 192 g/mol. The number of carbonyl (C=O) groups excluding carboxylic acids is 1. The second kappa shape index (κ2) is 3.18. The highest BCUT2D eigenvalue weighted by Crippen LogP contribution is 2.49. The minimum Gasteiger partial charge on any atom is -0.293 e. The number of thioether (sulfide) groups is 1. The van der Waals surface area contributed by atoms with Crippen LogP contribution in [-0.2, 0) is 0 Å². The molecule has 13 heavy (non-hydrogen) atoms. The van der Waals surface area contributed by atoms with E-state index in [9.17, 15) is 4.79 Å². The van der Waals surface area contributed by atoms with Gasteiger partial charge in [-0.1, -0.05) is 30.3 Å². The van der Waals surface area contributed by atoms with Gasteiger partial charge in [0, 0.05) is 5.56 Å². The Bertz CT molecular complexity index is 314. The van der Waals surface area contributed by atoms with E-state index in [1.165, 1.54) is 0 Å². The van der Waals surface area contributed by atoms with Gasteiger partial charge >= 0.3 is 0 Å². The normalized spacial score (nSPS) is 18.2. The lowest BCUT2D eigenvalue weighted by Crippen LogP contribution is -2.18. The average Bonchev–Trinajstić information content (AvgIpc) is 2.99. The minimum absolute atomic E-state index is 0.0681. The van der Waals surface area contributed by atoms with E-state index >= 15 is 0 Å². The van der Waals surface area contributed by atoms with Gasteiger partial charge in [-0.25, -0.2) is 0 Å². The summed E-state index contributed by atoms with van der Waals surface area (Å²) in [6, 6.07) is 9.58. The first-order valence-corrected chi connectivity index (χ1v) is 5.66. The average molecular weight is 192 g/mol. The quantitative estimate of drug-likeness (QED) is 0.685. The molecule has 1 aliphatic carbocycles. The zero-order valence-corrected chi connectivity index (χ0v) is 8.43. The Morgan fingerprint density at radius 1 is 1.31 bits per heavy atom. The third-order valence-corrected chi connectivity index (χ3v) is 3.92. The van der Waals surface area contributed by atoms with E-state index < -0.39 is 0 Å². The van der Waals surface area contributed by atoms with Gasteiger partial charge in [-0.3, -0.25) is 4.79 Å². The SMILES string of the molecule is CSC1(C(=O)c2ccccc2)CC1. The van der Waals surface area contributed by atoms with Gasteiger partial charge in [0.2, 0.25) is 0 Å². The molecule has 0 atom stereocenters. The predicted molar refractivity (Wildman–Crippen MR) is 56.3 cm³/mol. The first kappa shape index (κ1) is 8.82. The number of Topliss-reactive ketones (excluding diaryl/α,β-unsaturated/α-hetero) is 1. The molecule has 0 unspecified atom stereocenters. The molecule has 1 aromatic rings. The Balaban J connectivity index is 2.24. The van der Waals surface area contributed by atoms with Crippen molar-refractivity contribution in [3.05, 3.63) is 35.9 Å². The Morgan fingerprint density at radius 3 is 2.38 bits per heavy atom. The number of hydrogen-bond acceptors (Lipinski definition) is 2. The predicted octanol–water partition coefficient (Wildman–Crippen LogP) is 2.76. The summed E-state index contributed by atoms with van der Waals surface area (Å²) in [7, 11) is 0. The molecule has 1 aliphatic rings. The molecule has 1 saturated carbocycles. The van der Waals surface area contributed by atoms with Crippen LogP contribution in [0.2, 0.25) is 0 Å². The van der Waals surface area contributed by atoms with Crippen LogP contribution in [0, 0.1) is 0 Å². The largest absolute Gasteiger partial charge is 0.293 e. The molecule has 0 amide bonds. The van der Waals surface area contributed by atoms with Crippen molar-refractivity contribution in [3.8, 4) is 0 Å². The van der Waals surface area contributed by atoms with Crippen LogP contribution in [0.15, 0.2) is 30.3 Å². The van der Waals surface area contributed by atoms with Gasteiger partial charge in [0.05, 0.1) is 4.75 Å². The van der Waals surface area contributed by atoms with E-state index in [1.54, 1.807) is 11.8 Å². The van der Waals surface area contributed by atoms with Crippen molar-refractivity contribution in [1.82, 2.24) is 0 Å².